The summed E-state index contributed by atoms with van der Waals surface area (Å²) in [5, 5.41) is 0. The van der Waals surface area contributed by atoms with E-state index in [9.17, 15) is 22.0 Å². The fourth-order valence-corrected chi connectivity index (χ4v) is 4.21. The van der Waals surface area contributed by atoms with Gasteiger partial charge >= 0.3 is 5.97 Å². The number of carbonyl (C=O) groups excluding carboxylic acids is 1. The van der Waals surface area contributed by atoms with Gasteiger partial charge in [0.25, 0.3) is 0 Å². The number of ether oxygens (including phenoxy) is 1. The third-order valence-corrected chi connectivity index (χ3v) is 5.95. The van der Waals surface area contributed by atoms with Gasteiger partial charge in [-0.05, 0) is 54.4 Å². The minimum absolute atomic E-state index is 0.0605. The van der Waals surface area contributed by atoms with Crippen molar-refractivity contribution in [3.63, 3.8) is 0 Å². The van der Waals surface area contributed by atoms with Crippen LogP contribution in [-0.4, -0.2) is 21.0 Å². The largest absolute Gasteiger partial charge is 0.462 e. The highest BCUT2D eigenvalue weighted by Crippen LogP contribution is 2.26. The van der Waals surface area contributed by atoms with Gasteiger partial charge in [0.1, 0.15) is 11.6 Å². The SMILES string of the molecule is CCOC(=O)c1cccc(CS(=O)(=O)c2ccc(-c3ccc(F)cc3F)cc2)c1. The van der Waals surface area contributed by atoms with E-state index in [-0.39, 0.29) is 28.4 Å². The molecule has 0 saturated carbocycles. The number of carbonyl (C=O) groups is 1. The van der Waals surface area contributed by atoms with Gasteiger partial charge in [0.15, 0.2) is 9.84 Å². The van der Waals surface area contributed by atoms with Gasteiger partial charge in [0.2, 0.25) is 0 Å². The Hall–Kier alpha value is -3.06. The molecule has 0 aliphatic heterocycles. The second-order valence-electron chi connectivity index (χ2n) is 6.33. The maximum Gasteiger partial charge on any atom is 0.338 e. The Bertz CT molecular complexity index is 1140. The van der Waals surface area contributed by atoms with Crippen LogP contribution in [0.3, 0.4) is 0 Å². The highest BCUT2D eigenvalue weighted by Gasteiger charge is 2.17. The van der Waals surface area contributed by atoms with Crippen LogP contribution in [-0.2, 0) is 20.3 Å². The van der Waals surface area contributed by atoms with Crippen molar-refractivity contribution in [3.8, 4) is 11.1 Å². The minimum Gasteiger partial charge on any atom is -0.462 e. The predicted molar refractivity (Wildman–Crippen MR) is 105 cm³/mol. The zero-order chi connectivity index (χ0) is 21.0. The van der Waals surface area contributed by atoms with Gasteiger partial charge < -0.3 is 4.74 Å². The van der Waals surface area contributed by atoms with E-state index in [1.807, 2.05) is 0 Å². The molecule has 150 valence electrons. The summed E-state index contributed by atoms with van der Waals surface area (Å²) in [7, 11) is -3.69. The molecule has 0 amide bonds. The van der Waals surface area contributed by atoms with E-state index in [4.69, 9.17) is 4.74 Å². The Morgan fingerprint density at radius 3 is 2.34 bits per heavy atom. The molecule has 0 fully saturated rings. The first-order valence-electron chi connectivity index (χ1n) is 8.84. The molecule has 0 aliphatic rings. The normalized spacial score (nSPS) is 11.3. The van der Waals surface area contributed by atoms with Crippen molar-refractivity contribution < 1.29 is 26.7 Å². The number of halogens is 2. The van der Waals surface area contributed by atoms with Crippen molar-refractivity contribution >= 4 is 15.8 Å². The highest BCUT2D eigenvalue weighted by atomic mass is 32.2. The van der Waals surface area contributed by atoms with Crippen molar-refractivity contribution in [2.45, 2.75) is 17.6 Å². The standard InChI is InChI=1S/C22H18F2O4S/c1-2-28-22(25)17-5-3-4-15(12-17)14-29(26,27)19-9-6-16(7-10-19)20-11-8-18(23)13-21(20)24/h3-13H,2,14H2,1H3. The van der Waals surface area contributed by atoms with Gasteiger partial charge in [-0.3, -0.25) is 0 Å². The number of hydrogen-bond donors (Lipinski definition) is 0. The van der Waals surface area contributed by atoms with E-state index < -0.39 is 27.4 Å². The number of esters is 1. The van der Waals surface area contributed by atoms with Crippen molar-refractivity contribution in [3.05, 3.63) is 89.5 Å². The number of sulfone groups is 1. The van der Waals surface area contributed by atoms with Crippen LogP contribution in [0.4, 0.5) is 8.78 Å². The smallest absolute Gasteiger partial charge is 0.338 e. The summed E-state index contributed by atoms with van der Waals surface area (Å²) in [6, 6.07) is 15.2. The lowest BCUT2D eigenvalue weighted by Crippen LogP contribution is -2.08. The zero-order valence-corrected chi connectivity index (χ0v) is 16.4. The molecule has 0 spiro atoms. The van der Waals surface area contributed by atoms with Crippen molar-refractivity contribution in [1.82, 2.24) is 0 Å². The molecule has 3 aromatic rings. The van der Waals surface area contributed by atoms with Gasteiger partial charge in [0.05, 0.1) is 22.8 Å². The molecular weight excluding hydrogens is 398 g/mol. The molecule has 3 rings (SSSR count). The number of benzene rings is 3. The summed E-state index contributed by atoms with van der Waals surface area (Å²) in [5.74, 6) is -2.23. The first kappa shape index (κ1) is 20.7. The van der Waals surface area contributed by atoms with E-state index >= 15 is 0 Å². The zero-order valence-electron chi connectivity index (χ0n) is 15.6. The lowest BCUT2D eigenvalue weighted by molar-refractivity contribution is 0.0526. The quantitative estimate of drug-likeness (QED) is 0.543. The first-order valence-corrected chi connectivity index (χ1v) is 10.5. The highest BCUT2D eigenvalue weighted by molar-refractivity contribution is 7.90. The summed E-state index contributed by atoms with van der Waals surface area (Å²) >= 11 is 0. The molecule has 0 heterocycles. The Morgan fingerprint density at radius 2 is 1.69 bits per heavy atom. The average molecular weight is 416 g/mol. The lowest BCUT2D eigenvalue weighted by atomic mass is 10.1. The molecule has 0 radical (unpaired) electrons. The second kappa shape index (κ2) is 8.53. The molecule has 0 aliphatic carbocycles. The van der Waals surface area contributed by atoms with Gasteiger partial charge in [-0.2, -0.15) is 0 Å². The van der Waals surface area contributed by atoms with E-state index in [1.165, 1.54) is 36.4 Å². The van der Waals surface area contributed by atoms with Crippen LogP contribution in [0.2, 0.25) is 0 Å². The predicted octanol–water partition coefficient (Wildman–Crippen LogP) is 4.78. The summed E-state index contributed by atoms with van der Waals surface area (Å²) in [6.07, 6.45) is 0. The maximum atomic E-state index is 13.9. The van der Waals surface area contributed by atoms with Crippen LogP contribution >= 0.6 is 0 Å². The molecule has 7 heteroatoms. The first-order chi connectivity index (χ1) is 13.8. The van der Waals surface area contributed by atoms with E-state index in [1.54, 1.807) is 25.1 Å². The summed E-state index contributed by atoms with van der Waals surface area (Å²) in [5.41, 5.74) is 1.34. The Morgan fingerprint density at radius 1 is 0.966 bits per heavy atom. The Kier molecular flexibility index (Phi) is 6.08. The molecular formula is C22H18F2O4S. The van der Waals surface area contributed by atoms with E-state index in [0.717, 1.165) is 12.1 Å². The molecule has 3 aromatic carbocycles. The minimum atomic E-state index is -3.69. The third kappa shape index (κ3) is 4.86. The fourth-order valence-electron chi connectivity index (χ4n) is 2.87. The molecule has 0 bridgehead atoms. The van der Waals surface area contributed by atoms with Crippen LogP contribution in [0.15, 0.2) is 71.6 Å². The summed E-state index contributed by atoms with van der Waals surface area (Å²) in [6.45, 7) is 1.91. The molecule has 0 unspecified atom stereocenters. The molecule has 0 saturated heterocycles. The van der Waals surface area contributed by atoms with Crippen LogP contribution in [0.1, 0.15) is 22.8 Å². The van der Waals surface area contributed by atoms with Gasteiger partial charge in [-0.25, -0.2) is 22.0 Å². The molecule has 0 aromatic heterocycles. The van der Waals surface area contributed by atoms with Gasteiger partial charge in [0, 0.05) is 11.6 Å². The van der Waals surface area contributed by atoms with Gasteiger partial charge in [-0.15, -0.1) is 0 Å². The summed E-state index contributed by atoms with van der Waals surface area (Å²) in [4.78, 5) is 11.9. The van der Waals surface area contributed by atoms with E-state index in [0.29, 0.717) is 11.1 Å². The van der Waals surface area contributed by atoms with E-state index in [2.05, 4.69) is 0 Å². The lowest BCUT2D eigenvalue weighted by Gasteiger charge is -2.08. The summed E-state index contributed by atoms with van der Waals surface area (Å²) < 4.78 is 57.4. The molecule has 0 atom stereocenters. The topological polar surface area (TPSA) is 60.4 Å². The Labute approximate surface area is 167 Å². The maximum absolute atomic E-state index is 13.9. The monoisotopic (exact) mass is 416 g/mol. The third-order valence-electron chi connectivity index (χ3n) is 4.25. The second-order valence-corrected chi connectivity index (χ2v) is 8.32. The number of hydrogen-bond acceptors (Lipinski definition) is 4. The van der Waals surface area contributed by atoms with Crippen LogP contribution in [0.25, 0.3) is 11.1 Å². The molecule has 4 nitrogen and oxygen atoms in total. The van der Waals surface area contributed by atoms with Gasteiger partial charge in [-0.1, -0.05) is 24.3 Å². The molecule has 0 N–H and O–H groups in total. The van der Waals surface area contributed by atoms with Crippen LogP contribution in [0, 0.1) is 11.6 Å². The van der Waals surface area contributed by atoms with Crippen molar-refractivity contribution in [2.24, 2.45) is 0 Å². The average Bonchev–Trinajstić information content (AvgIpc) is 2.68. The Balaban J connectivity index is 1.83. The number of rotatable bonds is 6. The molecule has 29 heavy (non-hydrogen) atoms. The fraction of sp³-hybridized carbons (Fsp3) is 0.136. The van der Waals surface area contributed by atoms with Crippen LogP contribution in [0.5, 0.6) is 0 Å². The van der Waals surface area contributed by atoms with Crippen molar-refractivity contribution in [1.29, 1.82) is 0 Å². The van der Waals surface area contributed by atoms with Crippen LogP contribution < -0.4 is 0 Å². The van der Waals surface area contributed by atoms with Crippen molar-refractivity contribution in [2.75, 3.05) is 6.61 Å².